The highest BCUT2D eigenvalue weighted by molar-refractivity contribution is 5.84. The molecule has 0 fully saturated rings. The average Bonchev–Trinajstić information content (AvgIpc) is 3.34. The van der Waals surface area contributed by atoms with E-state index in [1.807, 2.05) is 0 Å². The smallest absolute Gasteiger partial charge is 0.127 e. The molecular weight excluding hydrogens is 648 g/mol. The third-order valence-corrected chi connectivity index (χ3v) is 11.2. The van der Waals surface area contributed by atoms with Crippen LogP contribution in [0.1, 0.15) is 80.0 Å². The lowest BCUT2D eigenvalue weighted by Gasteiger charge is -2.43. The number of fused-ring (bicyclic) bond motifs is 12. The Hall–Kier alpha value is -6.48. The molecule has 0 aromatic heterocycles. The van der Waals surface area contributed by atoms with E-state index >= 15 is 0 Å². The lowest BCUT2D eigenvalue weighted by molar-refractivity contribution is 0.388. The third kappa shape index (κ3) is 4.40. The van der Waals surface area contributed by atoms with Crippen molar-refractivity contribution in [3.05, 3.63) is 148 Å². The SMILES string of the molecule is Oc1ccc([C@@H]2c3c(O)cc(O)cc3[C@H]3[C@H]4c5ccc(O)cc5-c5c(O)cc(O)cc5[C@H]4[C@H](c4ccc(O)cc4)c4c(O)cc(O)cc4[C@H]23)cc1. The van der Waals surface area contributed by atoms with Gasteiger partial charge in [0.1, 0.15) is 51.7 Å². The Balaban J connectivity index is 1.48. The standard InChI is InChI=1S/C42H32O9/c43-20-5-1-18(2-6-20)34-37-29(13-24(47)16-32(37)50)41-35(19-3-7-21(44)8-4-19)38-30(14-25(48)17-33(38)51)42(41)39-26-10-9-22(45)11-27(26)36-28(40(34)39)12-23(46)15-31(36)49/h1-17,34-35,39-51H/t34-,35-,39+,40+,41-,42+/m1/s1. The second-order valence-corrected chi connectivity index (χ2v) is 13.9. The van der Waals surface area contributed by atoms with Crippen LogP contribution in [0.3, 0.4) is 0 Å². The zero-order valence-corrected chi connectivity index (χ0v) is 26.8. The first kappa shape index (κ1) is 30.6. The predicted octanol–water partition coefficient (Wildman–Crippen LogP) is 7.74. The van der Waals surface area contributed by atoms with Crippen molar-refractivity contribution in [3.63, 3.8) is 0 Å². The number of rotatable bonds is 2. The minimum atomic E-state index is -0.700. The molecule has 6 aromatic rings. The van der Waals surface area contributed by atoms with Crippen molar-refractivity contribution in [3.8, 4) is 62.9 Å². The summed E-state index contributed by atoms with van der Waals surface area (Å²) in [6.07, 6.45) is 0. The summed E-state index contributed by atoms with van der Waals surface area (Å²) >= 11 is 0. The normalized spacial score (nSPS) is 22.4. The maximum atomic E-state index is 12.0. The van der Waals surface area contributed by atoms with Gasteiger partial charge in [-0.15, -0.1) is 0 Å². The van der Waals surface area contributed by atoms with Gasteiger partial charge in [0, 0.05) is 58.6 Å². The first-order valence-corrected chi connectivity index (χ1v) is 16.6. The van der Waals surface area contributed by atoms with E-state index in [-0.39, 0.29) is 51.7 Å². The lowest BCUT2D eigenvalue weighted by atomic mass is 9.60. The molecule has 0 heterocycles. The summed E-state index contributed by atoms with van der Waals surface area (Å²) in [7, 11) is 0. The molecule has 6 atom stereocenters. The molecule has 0 unspecified atom stereocenters. The quantitative estimate of drug-likeness (QED) is 0.0883. The van der Waals surface area contributed by atoms with Gasteiger partial charge in [-0.25, -0.2) is 0 Å². The molecule has 9 N–H and O–H groups in total. The van der Waals surface area contributed by atoms with Crippen LogP contribution in [-0.2, 0) is 0 Å². The highest BCUT2D eigenvalue weighted by Gasteiger charge is 2.57. The molecule has 6 aromatic carbocycles. The van der Waals surface area contributed by atoms with Crippen molar-refractivity contribution >= 4 is 0 Å². The number of benzene rings is 6. The zero-order chi connectivity index (χ0) is 35.5. The molecule has 51 heavy (non-hydrogen) atoms. The van der Waals surface area contributed by atoms with Crippen LogP contribution in [0.5, 0.6) is 51.7 Å². The Labute approximate surface area is 291 Å². The van der Waals surface area contributed by atoms with Crippen LogP contribution in [0.4, 0.5) is 0 Å². The molecule has 0 aliphatic heterocycles. The summed E-state index contributed by atoms with van der Waals surface area (Å²) in [4.78, 5) is 0. The molecule has 0 spiro atoms. The van der Waals surface area contributed by atoms with Crippen LogP contribution in [0.25, 0.3) is 11.1 Å². The second-order valence-electron chi connectivity index (χ2n) is 13.9. The molecule has 9 heteroatoms. The number of aromatic hydroxyl groups is 9. The summed E-state index contributed by atoms with van der Waals surface area (Å²) in [5.74, 6) is -4.77. The fourth-order valence-corrected chi connectivity index (χ4v) is 9.61. The molecule has 0 saturated carbocycles. The molecule has 254 valence electrons. The third-order valence-electron chi connectivity index (χ3n) is 11.2. The first-order chi connectivity index (χ1) is 24.5. The monoisotopic (exact) mass is 680 g/mol. The predicted molar refractivity (Wildman–Crippen MR) is 187 cm³/mol. The average molecular weight is 681 g/mol. The van der Waals surface area contributed by atoms with E-state index in [0.29, 0.717) is 44.5 Å². The molecule has 0 radical (unpaired) electrons. The molecule has 0 amide bonds. The van der Waals surface area contributed by atoms with Crippen molar-refractivity contribution < 1.29 is 46.0 Å². The van der Waals surface area contributed by atoms with Crippen LogP contribution < -0.4 is 0 Å². The van der Waals surface area contributed by atoms with E-state index in [1.165, 1.54) is 18.2 Å². The fourth-order valence-electron chi connectivity index (χ4n) is 9.61. The number of phenols is 9. The molecule has 3 aliphatic carbocycles. The Morgan fingerprint density at radius 1 is 0.314 bits per heavy atom. The van der Waals surface area contributed by atoms with E-state index in [9.17, 15) is 46.0 Å². The maximum absolute atomic E-state index is 12.0. The summed E-state index contributed by atoms with van der Waals surface area (Å²) in [6, 6.07) is 26.8. The van der Waals surface area contributed by atoms with Crippen LogP contribution in [-0.4, -0.2) is 46.0 Å². The molecule has 9 nitrogen and oxygen atoms in total. The van der Waals surface area contributed by atoms with Crippen LogP contribution in [0.15, 0.2) is 103 Å². The van der Waals surface area contributed by atoms with E-state index in [4.69, 9.17) is 0 Å². The molecule has 3 aliphatic rings. The number of hydrogen-bond donors (Lipinski definition) is 9. The molecule has 0 bridgehead atoms. The van der Waals surface area contributed by atoms with E-state index < -0.39 is 35.5 Å². The van der Waals surface area contributed by atoms with Crippen molar-refractivity contribution in [2.75, 3.05) is 0 Å². The van der Waals surface area contributed by atoms with E-state index in [2.05, 4.69) is 0 Å². The van der Waals surface area contributed by atoms with Crippen molar-refractivity contribution in [2.45, 2.75) is 35.5 Å². The summed E-state index contributed by atoms with van der Waals surface area (Å²) < 4.78 is 0. The summed E-state index contributed by atoms with van der Waals surface area (Å²) in [5.41, 5.74) is 5.83. The summed E-state index contributed by atoms with van der Waals surface area (Å²) in [6.45, 7) is 0. The summed E-state index contributed by atoms with van der Waals surface area (Å²) in [5, 5.41) is 99.8. The van der Waals surface area contributed by atoms with Crippen LogP contribution in [0.2, 0.25) is 0 Å². The number of hydrogen-bond acceptors (Lipinski definition) is 9. The van der Waals surface area contributed by atoms with Gasteiger partial charge in [0.05, 0.1) is 0 Å². The topological polar surface area (TPSA) is 182 Å². The van der Waals surface area contributed by atoms with Gasteiger partial charge in [0.2, 0.25) is 0 Å². The highest BCUT2D eigenvalue weighted by atomic mass is 16.3. The van der Waals surface area contributed by atoms with Gasteiger partial charge in [-0.1, -0.05) is 30.3 Å². The largest absolute Gasteiger partial charge is 0.508 e. The van der Waals surface area contributed by atoms with Gasteiger partial charge >= 0.3 is 0 Å². The Bertz CT molecular complexity index is 2400. The first-order valence-electron chi connectivity index (χ1n) is 16.6. The second kappa shape index (κ2) is 10.8. The Morgan fingerprint density at radius 2 is 0.725 bits per heavy atom. The molecule has 9 rings (SSSR count). The highest BCUT2D eigenvalue weighted by Crippen LogP contribution is 2.72. The van der Waals surface area contributed by atoms with Gasteiger partial charge in [-0.05, 0) is 105 Å². The molecule has 0 saturated heterocycles. The van der Waals surface area contributed by atoms with Gasteiger partial charge < -0.3 is 46.0 Å². The van der Waals surface area contributed by atoms with Crippen LogP contribution >= 0.6 is 0 Å². The van der Waals surface area contributed by atoms with Crippen molar-refractivity contribution in [1.29, 1.82) is 0 Å². The van der Waals surface area contributed by atoms with E-state index in [0.717, 1.165) is 11.1 Å². The Kier molecular flexibility index (Phi) is 6.45. The maximum Gasteiger partial charge on any atom is 0.127 e. The zero-order valence-electron chi connectivity index (χ0n) is 26.8. The fraction of sp³-hybridized carbons (Fsp3) is 0.143. The van der Waals surface area contributed by atoms with Crippen molar-refractivity contribution in [2.24, 2.45) is 0 Å². The van der Waals surface area contributed by atoms with Crippen LogP contribution in [0, 0.1) is 0 Å². The van der Waals surface area contributed by atoms with Gasteiger partial charge in [-0.2, -0.15) is 0 Å². The van der Waals surface area contributed by atoms with Gasteiger partial charge in [0.25, 0.3) is 0 Å². The minimum Gasteiger partial charge on any atom is -0.508 e. The lowest BCUT2D eigenvalue weighted by Crippen LogP contribution is -2.27. The van der Waals surface area contributed by atoms with E-state index in [1.54, 1.807) is 84.9 Å². The number of phenolic OH excluding ortho intramolecular Hbond substituents is 9. The Morgan fingerprint density at radius 3 is 1.25 bits per heavy atom. The van der Waals surface area contributed by atoms with Gasteiger partial charge in [-0.3, -0.25) is 0 Å². The molecular formula is C42H32O9. The minimum absolute atomic E-state index is 0.0309. The van der Waals surface area contributed by atoms with Crippen molar-refractivity contribution in [1.82, 2.24) is 0 Å². The van der Waals surface area contributed by atoms with Gasteiger partial charge in [0.15, 0.2) is 0 Å².